The van der Waals surface area contributed by atoms with Gasteiger partial charge in [0.1, 0.15) is 11.2 Å². The molecule has 2 nitrogen and oxygen atoms in total. The molecule has 1 aliphatic heterocycles. The van der Waals surface area contributed by atoms with Crippen LogP contribution in [0, 0.1) is 12.8 Å². The zero-order valence-electron chi connectivity index (χ0n) is 20.1. The van der Waals surface area contributed by atoms with Crippen molar-refractivity contribution in [2.24, 2.45) is 5.92 Å². The van der Waals surface area contributed by atoms with E-state index in [1.165, 1.54) is 90.0 Å². The molecule has 0 spiro atoms. The molecule has 3 aromatic carbocycles. The highest BCUT2D eigenvalue weighted by Crippen LogP contribution is 2.46. The summed E-state index contributed by atoms with van der Waals surface area (Å²) >= 11 is 0. The molecular weight excluding hydrogens is 414 g/mol. The molecule has 0 saturated heterocycles. The molecule has 1 aromatic heterocycles. The molecule has 4 aromatic rings. The van der Waals surface area contributed by atoms with Crippen molar-refractivity contribution < 1.29 is 4.42 Å². The molecule has 0 amide bonds. The summed E-state index contributed by atoms with van der Waals surface area (Å²) in [5.41, 5.74) is 10.5. The van der Waals surface area contributed by atoms with E-state index in [9.17, 15) is 0 Å². The molecule has 2 fully saturated rings. The van der Waals surface area contributed by atoms with Crippen molar-refractivity contribution in [1.82, 2.24) is 5.32 Å². The highest BCUT2D eigenvalue weighted by molar-refractivity contribution is 6.06. The van der Waals surface area contributed by atoms with Crippen LogP contribution < -0.4 is 5.32 Å². The van der Waals surface area contributed by atoms with Crippen molar-refractivity contribution in [1.29, 1.82) is 0 Å². The highest BCUT2D eigenvalue weighted by atomic mass is 16.3. The van der Waals surface area contributed by atoms with Crippen LogP contribution in [0.25, 0.3) is 27.5 Å². The van der Waals surface area contributed by atoms with Gasteiger partial charge in [-0.15, -0.1) is 0 Å². The van der Waals surface area contributed by atoms with Crippen molar-refractivity contribution >= 4 is 27.5 Å². The number of hydrogen-bond acceptors (Lipinski definition) is 2. The lowest BCUT2D eigenvalue weighted by molar-refractivity contribution is 0.632. The molecule has 1 N–H and O–H groups in total. The summed E-state index contributed by atoms with van der Waals surface area (Å²) < 4.78 is 6.48. The zero-order valence-corrected chi connectivity index (χ0v) is 20.1. The van der Waals surface area contributed by atoms with Crippen molar-refractivity contribution in [3.05, 3.63) is 88.6 Å². The third-order valence-corrected chi connectivity index (χ3v) is 8.69. The van der Waals surface area contributed by atoms with Crippen molar-refractivity contribution in [2.75, 3.05) is 0 Å². The second-order valence-corrected chi connectivity index (χ2v) is 10.8. The normalized spacial score (nSPS) is 21.2. The lowest BCUT2D eigenvalue weighted by Gasteiger charge is -2.31. The van der Waals surface area contributed by atoms with Gasteiger partial charge in [0.2, 0.25) is 0 Å². The monoisotopic (exact) mass is 447 g/mol. The van der Waals surface area contributed by atoms with Crippen LogP contribution in [-0.2, 0) is 0 Å². The Morgan fingerprint density at radius 3 is 2.35 bits per heavy atom. The molecule has 2 heteroatoms. The van der Waals surface area contributed by atoms with Crippen molar-refractivity contribution in [3.63, 3.8) is 0 Å². The van der Waals surface area contributed by atoms with E-state index in [0.29, 0.717) is 5.92 Å². The van der Waals surface area contributed by atoms with Crippen LogP contribution in [0.2, 0.25) is 0 Å². The van der Waals surface area contributed by atoms with Gasteiger partial charge in [0, 0.05) is 22.5 Å². The van der Waals surface area contributed by atoms with Crippen LogP contribution in [0.15, 0.2) is 65.2 Å². The molecule has 34 heavy (non-hydrogen) atoms. The molecule has 2 aliphatic carbocycles. The average Bonchev–Trinajstić information content (AvgIpc) is 3.64. The minimum Gasteiger partial charge on any atom is -0.456 e. The second-order valence-electron chi connectivity index (χ2n) is 10.8. The number of furan rings is 1. The minimum absolute atomic E-state index is 0.112. The summed E-state index contributed by atoms with van der Waals surface area (Å²) in [4.78, 5) is 0. The SMILES string of the molecule is Cc1cc(C2NC=C(C3CCCC3)c3cc(C4CCCC4)ccc32)c2oc3ccccc3c2c1. The molecule has 0 bridgehead atoms. The third-order valence-electron chi connectivity index (χ3n) is 8.69. The summed E-state index contributed by atoms with van der Waals surface area (Å²) in [5.74, 6) is 1.43. The summed E-state index contributed by atoms with van der Waals surface area (Å²) in [6, 6.07) is 20.6. The average molecular weight is 448 g/mol. The van der Waals surface area contributed by atoms with Gasteiger partial charge in [-0.3, -0.25) is 0 Å². The van der Waals surface area contributed by atoms with E-state index >= 15 is 0 Å². The van der Waals surface area contributed by atoms with Crippen LogP contribution in [0.5, 0.6) is 0 Å². The smallest absolute Gasteiger partial charge is 0.141 e. The Morgan fingerprint density at radius 1 is 0.765 bits per heavy atom. The second kappa shape index (κ2) is 8.05. The van der Waals surface area contributed by atoms with Gasteiger partial charge in [-0.05, 0) is 90.5 Å². The molecular formula is C32H33NO. The number of aryl methyl sites for hydroxylation is 1. The number of benzene rings is 3. The number of hydrogen-bond donors (Lipinski definition) is 1. The maximum Gasteiger partial charge on any atom is 0.141 e. The van der Waals surface area contributed by atoms with Gasteiger partial charge in [0.15, 0.2) is 0 Å². The fourth-order valence-electron chi connectivity index (χ4n) is 6.98. The van der Waals surface area contributed by atoms with Gasteiger partial charge in [-0.2, -0.15) is 0 Å². The highest BCUT2D eigenvalue weighted by Gasteiger charge is 2.31. The van der Waals surface area contributed by atoms with Gasteiger partial charge < -0.3 is 9.73 Å². The van der Waals surface area contributed by atoms with E-state index in [1.807, 2.05) is 0 Å². The number of nitrogens with one attached hydrogen (secondary N) is 1. The van der Waals surface area contributed by atoms with Crippen LogP contribution in [0.3, 0.4) is 0 Å². The fourth-order valence-corrected chi connectivity index (χ4v) is 6.98. The number of fused-ring (bicyclic) bond motifs is 4. The fraction of sp³-hybridized carbons (Fsp3) is 0.375. The lowest BCUT2D eigenvalue weighted by atomic mass is 9.80. The zero-order chi connectivity index (χ0) is 22.6. The minimum atomic E-state index is 0.112. The van der Waals surface area contributed by atoms with Gasteiger partial charge in [-0.1, -0.05) is 62.1 Å². The topological polar surface area (TPSA) is 25.2 Å². The summed E-state index contributed by atoms with van der Waals surface area (Å²) in [6.07, 6.45) is 13.2. The first-order valence-corrected chi connectivity index (χ1v) is 13.3. The Bertz CT molecular complexity index is 1410. The Hall–Kier alpha value is -3.00. The van der Waals surface area contributed by atoms with Crippen LogP contribution in [0.1, 0.15) is 91.1 Å². The largest absolute Gasteiger partial charge is 0.456 e. The Labute approximate surface area is 202 Å². The molecule has 1 unspecified atom stereocenters. The van der Waals surface area contributed by atoms with Gasteiger partial charge in [0.25, 0.3) is 0 Å². The summed E-state index contributed by atoms with van der Waals surface area (Å²) in [5, 5.41) is 6.28. The Morgan fingerprint density at radius 2 is 1.53 bits per heavy atom. The molecule has 7 rings (SSSR count). The van der Waals surface area contributed by atoms with E-state index in [2.05, 4.69) is 73.0 Å². The predicted molar refractivity (Wildman–Crippen MR) is 141 cm³/mol. The first kappa shape index (κ1) is 20.4. The van der Waals surface area contributed by atoms with E-state index < -0.39 is 0 Å². The molecule has 2 heterocycles. The Balaban J connectivity index is 1.40. The predicted octanol–water partition coefficient (Wildman–Crippen LogP) is 8.78. The van der Waals surface area contributed by atoms with Gasteiger partial charge in [0.05, 0.1) is 6.04 Å². The first-order valence-electron chi connectivity index (χ1n) is 13.3. The molecule has 3 aliphatic rings. The number of allylic oxidation sites excluding steroid dienone is 1. The van der Waals surface area contributed by atoms with E-state index in [1.54, 1.807) is 5.56 Å². The molecule has 2 saturated carbocycles. The van der Waals surface area contributed by atoms with Crippen LogP contribution >= 0.6 is 0 Å². The standard InChI is InChI=1S/C32H33NO/c1-20-16-27-24-12-6-7-13-30(24)34-32(27)28(17-20)31-25-15-14-23(21-8-2-3-9-21)18-26(25)29(19-33-31)22-10-4-5-11-22/h6-7,12-19,21-22,31,33H,2-5,8-11H2,1H3. The molecule has 172 valence electrons. The first-order chi connectivity index (χ1) is 16.8. The van der Waals surface area contributed by atoms with Crippen molar-refractivity contribution in [2.45, 2.75) is 70.3 Å². The van der Waals surface area contributed by atoms with E-state index in [0.717, 1.165) is 17.1 Å². The van der Waals surface area contributed by atoms with E-state index in [-0.39, 0.29) is 6.04 Å². The third kappa shape index (κ3) is 3.22. The lowest BCUT2D eigenvalue weighted by Crippen LogP contribution is -2.25. The van der Waals surface area contributed by atoms with Crippen LogP contribution in [0.4, 0.5) is 0 Å². The molecule has 0 radical (unpaired) electrons. The maximum absolute atomic E-state index is 6.48. The van der Waals surface area contributed by atoms with Gasteiger partial charge in [-0.25, -0.2) is 0 Å². The Kier molecular flexibility index (Phi) is 4.82. The number of para-hydroxylation sites is 1. The molecule has 1 atom stereocenters. The van der Waals surface area contributed by atoms with Gasteiger partial charge >= 0.3 is 0 Å². The quantitative estimate of drug-likeness (QED) is 0.339. The maximum atomic E-state index is 6.48. The summed E-state index contributed by atoms with van der Waals surface area (Å²) in [6.45, 7) is 2.21. The number of rotatable bonds is 3. The van der Waals surface area contributed by atoms with E-state index in [4.69, 9.17) is 4.42 Å². The van der Waals surface area contributed by atoms with Crippen molar-refractivity contribution in [3.8, 4) is 0 Å². The summed E-state index contributed by atoms with van der Waals surface area (Å²) in [7, 11) is 0. The van der Waals surface area contributed by atoms with Crippen LogP contribution in [-0.4, -0.2) is 0 Å².